The average molecular weight is 338 g/mol. The first-order valence-electron chi connectivity index (χ1n) is 4.46. The summed E-state index contributed by atoms with van der Waals surface area (Å²) in [6.45, 7) is 1.14. The van der Waals surface area contributed by atoms with Gasteiger partial charge in [-0.25, -0.2) is 12.6 Å². The van der Waals surface area contributed by atoms with E-state index >= 15 is 0 Å². The number of hydrogen-bond acceptors (Lipinski definition) is 5. The number of halogens is 6. The highest BCUT2D eigenvalue weighted by atomic mass is 32.2. The van der Waals surface area contributed by atoms with Crippen molar-refractivity contribution in [2.75, 3.05) is 0 Å². The molecule has 1 unspecified atom stereocenters. The normalized spacial score (nSPS) is 16.4. The van der Waals surface area contributed by atoms with Gasteiger partial charge >= 0.3 is 21.1 Å². The molecule has 0 heterocycles. The molecule has 0 saturated heterocycles. The van der Waals surface area contributed by atoms with E-state index in [2.05, 4.69) is 4.18 Å². The van der Waals surface area contributed by atoms with Crippen LogP contribution in [-0.2, 0) is 24.1 Å². The number of hydrogen-bond donors (Lipinski definition) is 0. The lowest BCUT2D eigenvalue weighted by Crippen LogP contribution is -2.40. The molecule has 0 amide bonds. The van der Waals surface area contributed by atoms with Gasteiger partial charge in [0.2, 0.25) is 0 Å². The molecule has 1 atom stereocenters. The Morgan fingerprint density at radius 3 is 1.63 bits per heavy atom. The molecule has 116 valence electrons. The van der Waals surface area contributed by atoms with Gasteiger partial charge in [0.05, 0.1) is 0 Å². The highest BCUT2D eigenvalue weighted by Crippen LogP contribution is 2.33. The molecule has 0 saturated carbocycles. The molecule has 0 aromatic rings. The summed E-state index contributed by atoms with van der Waals surface area (Å²) in [5.74, 6) is 0. The summed E-state index contributed by atoms with van der Waals surface area (Å²) >= 11 is 0. The molecule has 0 aromatic carbocycles. The molecular weight excluding hydrogens is 330 g/mol. The summed E-state index contributed by atoms with van der Waals surface area (Å²) in [6, 6.07) is 0. The minimum absolute atomic E-state index is 0.340. The molecule has 0 N–H and O–H groups in total. The maximum atomic E-state index is 12.1. The van der Waals surface area contributed by atoms with E-state index in [9.17, 15) is 43.2 Å². The Bertz CT molecular complexity index is 501. The van der Waals surface area contributed by atoms with Crippen LogP contribution < -0.4 is 0 Å². The zero-order chi connectivity index (χ0) is 15.7. The second-order valence-corrected chi connectivity index (χ2v) is 6.85. The van der Waals surface area contributed by atoms with Crippen molar-refractivity contribution < 1.29 is 47.4 Å². The average Bonchev–Trinajstić information content (AvgIpc) is 2.12. The maximum Gasteiger partial charge on any atom is 0.523 e. The molecule has 0 fully saturated rings. The van der Waals surface area contributed by atoms with Crippen molar-refractivity contribution in [1.29, 1.82) is 0 Å². The van der Waals surface area contributed by atoms with E-state index in [4.69, 9.17) is 0 Å². The Balaban J connectivity index is 5.53. The minimum Gasteiger partial charge on any atom is -0.243 e. The molecule has 19 heavy (non-hydrogen) atoms. The lowest BCUT2D eigenvalue weighted by atomic mass is 10.4. The zero-order valence-electron chi connectivity index (χ0n) is 9.12. The van der Waals surface area contributed by atoms with E-state index in [-0.39, 0.29) is 6.42 Å². The fourth-order valence-corrected chi connectivity index (χ4v) is 2.89. The van der Waals surface area contributed by atoms with E-state index in [0.29, 0.717) is 0 Å². The van der Waals surface area contributed by atoms with Crippen LogP contribution in [0.25, 0.3) is 0 Å². The third kappa shape index (κ3) is 4.21. The lowest BCUT2D eigenvalue weighted by Gasteiger charge is -2.19. The topological polar surface area (TPSA) is 77.5 Å². The molecule has 13 heteroatoms. The molecule has 0 aliphatic rings. The summed E-state index contributed by atoms with van der Waals surface area (Å²) in [7, 11) is -12.6. The summed E-state index contributed by atoms with van der Waals surface area (Å²) in [4.78, 5) is 0. The molecule has 0 radical (unpaired) electrons. The van der Waals surface area contributed by atoms with Crippen molar-refractivity contribution in [3.63, 3.8) is 0 Å². The Hall–Kier alpha value is -0.560. The van der Waals surface area contributed by atoms with Crippen LogP contribution in [0.5, 0.6) is 0 Å². The van der Waals surface area contributed by atoms with E-state index in [1.807, 2.05) is 0 Å². The van der Waals surface area contributed by atoms with E-state index in [1.54, 1.807) is 0 Å². The summed E-state index contributed by atoms with van der Waals surface area (Å²) < 4.78 is 118. The first-order chi connectivity index (χ1) is 8.17. The van der Waals surface area contributed by atoms with Crippen LogP contribution in [0.15, 0.2) is 0 Å². The van der Waals surface area contributed by atoms with Crippen LogP contribution in [0, 0.1) is 0 Å². The Morgan fingerprint density at radius 1 is 0.947 bits per heavy atom. The number of rotatable bonds is 5. The van der Waals surface area contributed by atoms with Gasteiger partial charge in [-0.1, -0.05) is 13.3 Å². The molecule has 0 aliphatic carbocycles. The van der Waals surface area contributed by atoms with Crippen molar-refractivity contribution in [2.45, 2.75) is 36.2 Å². The molecule has 0 aromatic heterocycles. The van der Waals surface area contributed by atoms with E-state index in [0.717, 1.165) is 6.92 Å². The van der Waals surface area contributed by atoms with E-state index in [1.165, 1.54) is 0 Å². The van der Waals surface area contributed by atoms with Crippen LogP contribution in [0.3, 0.4) is 0 Å². The highest BCUT2D eigenvalue weighted by molar-refractivity contribution is 7.94. The first kappa shape index (κ1) is 18.4. The van der Waals surface area contributed by atoms with Gasteiger partial charge in [-0.15, -0.1) is 0 Å². The largest absolute Gasteiger partial charge is 0.523 e. The van der Waals surface area contributed by atoms with Gasteiger partial charge in [0.15, 0.2) is 5.44 Å². The third-order valence-electron chi connectivity index (χ3n) is 1.71. The number of sulfone groups is 1. The highest BCUT2D eigenvalue weighted by Gasteiger charge is 2.56. The molecule has 0 bridgehead atoms. The van der Waals surface area contributed by atoms with Crippen molar-refractivity contribution in [1.82, 2.24) is 0 Å². The van der Waals surface area contributed by atoms with Crippen LogP contribution in [0.1, 0.15) is 19.8 Å². The Morgan fingerprint density at radius 2 is 1.37 bits per heavy atom. The van der Waals surface area contributed by atoms with Crippen LogP contribution in [0.4, 0.5) is 26.3 Å². The Labute approximate surface area is 104 Å². The molecule has 0 rings (SSSR count). The van der Waals surface area contributed by atoms with Crippen molar-refractivity contribution in [3.05, 3.63) is 0 Å². The van der Waals surface area contributed by atoms with E-state index < -0.39 is 42.8 Å². The quantitative estimate of drug-likeness (QED) is 0.435. The molecule has 5 nitrogen and oxygen atoms in total. The van der Waals surface area contributed by atoms with Crippen LogP contribution >= 0.6 is 0 Å². The van der Waals surface area contributed by atoms with Gasteiger partial charge in [-0.05, 0) is 6.42 Å². The lowest BCUT2D eigenvalue weighted by molar-refractivity contribution is -0.0594. The minimum atomic E-state index is -6.44. The Kier molecular flexibility index (Phi) is 5.28. The van der Waals surface area contributed by atoms with Crippen LogP contribution in [-0.4, -0.2) is 33.3 Å². The second-order valence-electron chi connectivity index (χ2n) is 3.21. The predicted octanol–water partition coefficient (Wildman–Crippen LogP) is 1.91. The summed E-state index contributed by atoms with van der Waals surface area (Å²) in [5, 5.41) is 0. The van der Waals surface area contributed by atoms with Gasteiger partial charge in [0, 0.05) is 0 Å². The second kappa shape index (κ2) is 5.44. The molecule has 0 spiro atoms. The van der Waals surface area contributed by atoms with Gasteiger partial charge in [-0.2, -0.15) is 34.8 Å². The maximum absolute atomic E-state index is 12.1. The summed E-state index contributed by atoms with van der Waals surface area (Å²) in [5.41, 5.74) is -15.1. The first-order valence-corrected chi connectivity index (χ1v) is 7.42. The van der Waals surface area contributed by atoms with Gasteiger partial charge in [0.25, 0.3) is 9.84 Å². The van der Waals surface area contributed by atoms with Gasteiger partial charge < -0.3 is 0 Å². The van der Waals surface area contributed by atoms with Gasteiger partial charge in [-0.3, -0.25) is 0 Å². The van der Waals surface area contributed by atoms with Gasteiger partial charge in [0.1, 0.15) is 0 Å². The summed E-state index contributed by atoms with van der Waals surface area (Å²) in [6.07, 6.45) is -1.40. The van der Waals surface area contributed by atoms with Crippen molar-refractivity contribution >= 4 is 20.0 Å². The fraction of sp³-hybridized carbons (Fsp3) is 1.00. The molecule has 0 aliphatic heterocycles. The smallest absolute Gasteiger partial charge is 0.243 e. The number of alkyl halides is 6. The SMILES string of the molecule is CCCC(OS(=O)(=O)C(F)(F)F)S(=O)(=O)C(F)(F)F. The van der Waals surface area contributed by atoms with Crippen LogP contribution in [0.2, 0.25) is 0 Å². The van der Waals surface area contributed by atoms with Crippen molar-refractivity contribution in [3.8, 4) is 0 Å². The monoisotopic (exact) mass is 338 g/mol. The fourth-order valence-electron chi connectivity index (χ4n) is 0.836. The van der Waals surface area contributed by atoms with Crippen molar-refractivity contribution in [2.24, 2.45) is 0 Å². The predicted molar refractivity (Wildman–Crippen MR) is 49.7 cm³/mol. The third-order valence-corrected chi connectivity index (χ3v) is 4.55. The molecular formula is C6H8F6O5S2. The zero-order valence-corrected chi connectivity index (χ0v) is 10.8. The standard InChI is InChI=1S/C6H8F6O5S2/c1-2-3-4(18(13,14)5(7,8)9)17-19(15,16)6(10,11)12/h4H,2-3H2,1H3.